The largest absolute Gasteiger partial charge is 0.370 e. The molecule has 0 aromatic rings. The molecule has 0 aromatic heterocycles. The van der Waals surface area contributed by atoms with E-state index in [2.05, 4.69) is 24.3 Å². The van der Waals surface area contributed by atoms with E-state index in [1.165, 1.54) is 257 Å². The molecule has 4 nitrogen and oxygen atoms in total. The van der Waals surface area contributed by atoms with Crippen LogP contribution in [0.2, 0.25) is 0 Å². The number of carbonyl (C=O) groups is 2. The summed E-state index contributed by atoms with van der Waals surface area (Å²) in [6.45, 7) is 0. The molecule has 0 aliphatic rings. The second kappa shape index (κ2) is 49.6. The molecular formula is C52H100N2O2. The second-order valence-electron chi connectivity index (χ2n) is 17.7. The van der Waals surface area contributed by atoms with Crippen molar-refractivity contribution in [1.29, 1.82) is 0 Å². The monoisotopic (exact) mass is 785 g/mol. The fourth-order valence-corrected chi connectivity index (χ4v) is 8.13. The Labute approximate surface area is 351 Å². The predicted molar refractivity (Wildman–Crippen MR) is 249 cm³/mol. The molecule has 0 unspecified atom stereocenters. The van der Waals surface area contributed by atoms with Gasteiger partial charge in [-0.1, -0.05) is 243 Å². The predicted octanol–water partition coefficient (Wildman–Crippen LogP) is 17.0. The van der Waals surface area contributed by atoms with Gasteiger partial charge in [0.05, 0.1) is 0 Å². The van der Waals surface area contributed by atoms with Crippen LogP contribution in [-0.2, 0) is 9.59 Å². The fourth-order valence-electron chi connectivity index (χ4n) is 8.13. The Hall–Kier alpha value is -1.58. The number of nitrogens with two attached hydrogens (primary N) is 2. The summed E-state index contributed by atoms with van der Waals surface area (Å²) in [4.78, 5) is 21.5. The van der Waals surface area contributed by atoms with Crippen LogP contribution >= 0.6 is 0 Å². The van der Waals surface area contributed by atoms with Gasteiger partial charge in [0, 0.05) is 12.8 Å². The van der Waals surface area contributed by atoms with E-state index in [1.807, 2.05) is 0 Å². The molecule has 0 bridgehead atoms. The fraction of sp³-hybridized carbons (Fsp3) is 0.885. The molecule has 0 aliphatic carbocycles. The first-order valence-corrected chi connectivity index (χ1v) is 25.5. The Morgan fingerprint density at radius 1 is 0.214 bits per heavy atom. The standard InChI is InChI=1S/C52H100N2O2/c53-51(55)49-47-45-43-41-39-37-35-33-31-29-27-25-23-21-19-17-15-13-11-9-7-5-3-1-2-4-6-8-10-12-14-16-18-20-22-24-26-28-30-32-34-36-38-40-42-44-46-48-50-52(54)56/h25-28H,1-24,29-50H2,(H2,53,55)(H2,54,56). The zero-order valence-electron chi connectivity index (χ0n) is 37.8. The van der Waals surface area contributed by atoms with Crippen LogP contribution < -0.4 is 11.5 Å². The van der Waals surface area contributed by atoms with Crippen molar-refractivity contribution in [3.05, 3.63) is 24.3 Å². The summed E-state index contributed by atoms with van der Waals surface area (Å²) in [6.07, 6.45) is 70.8. The van der Waals surface area contributed by atoms with Gasteiger partial charge in [0.1, 0.15) is 0 Å². The maximum atomic E-state index is 10.7. The highest BCUT2D eigenvalue weighted by Gasteiger charge is 1.99. The lowest BCUT2D eigenvalue weighted by Crippen LogP contribution is -2.09. The molecule has 0 spiro atoms. The molecule has 0 saturated carbocycles. The number of hydrogen-bond donors (Lipinski definition) is 2. The molecule has 0 fully saturated rings. The van der Waals surface area contributed by atoms with Crippen molar-refractivity contribution in [2.75, 3.05) is 0 Å². The summed E-state index contributed by atoms with van der Waals surface area (Å²) in [7, 11) is 0. The van der Waals surface area contributed by atoms with E-state index >= 15 is 0 Å². The average Bonchev–Trinajstić information content (AvgIpc) is 3.18. The van der Waals surface area contributed by atoms with Gasteiger partial charge in [-0.3, -0.25) is 9.59 Å². The first-order chi connectivity index (χ1) is 27.6. The average molecular weight is 785 g/mol. The Balaban J connectivity index is 3.13. The highest BCUT2D eigenvalue weighted by Crippen LogP contribution is 2.17. The van der Waals surface area contributed by atoms with Gasteiger partial charge in [0.15, 0.2) is 0 Å². The van der Waals surface area contributed by atoms with Crippen LogP contribution in [0.3, 0.4) is 0 Å². The number of rotatable bonds is 49. The number of unbranched alkanes of at least 4 members (excludes halogenated alkanes) is 41. The van der Waals surface area contributed by atoms with Crippen molar-refractivity contribution >= 4 is 11.8 Å². The minimum Gasteiger partial charge on any atom is -0.370 e. The minimum atomic E-state index is -0.155. The maximum Gasteiger partial charge on any atom is 0.217 e. The van der Waals surface area contributed by atoms with Gasteiger partial charge in [0.2, 0.25) is 11.8 Å². The second-order valence-corrected chi connectivity index (χ2v) is 17.7. The van der Waals surface area contributed by atoms with Gasteiger partial charge in [-0.25, -0.2) is 0 Å². The topological polar surface area (TPSA) is 86.2 Å². The molecular weight excluding hydrogens is 685 g/mol. The molecule has 2 amide bonds. The summed E-state index contributed by atoms with van der Waals surface area (Å²) in [5, 5.41) is 0. The van der Waals surface area contributed by atoms with E-state index in [0.29, 0.717) is 12.8 Å². The molecule has 0 radical (unpaired) electrons. The van der Waals surface area contributed by atoms with Crippen LogP contribution in [0.1, 0.15) is 295 Å². The van der Waals surface area contributed by atoms with E-state index in [4.69, 9.17) is 11.5 Å². The van der Waals surface area contributed by atoms with Gasteiger partial charge >= 0.3 is 0 Å². The molecule has 0 rings (SSSR count). The number of amides is 2. The summed E-state index contributed by atoms with van der Waals surface area (Å²) >= 11 is 0. The third kappa shape index (κ3) is 52.4. The molecule has 56 heavy (non-hydrogen) atoms. The highest BCUT2D eigenvalue weighted by molar-refractivity contribution is 5.73. The zero-order chi connectivity index (χ0) is 40.5. The van der Waals surface area contributed by atoms with Gasteiger partial charge in [-0.05, 0) is 64.2 Å². The van der Waals surface area contributed by atoms with Gasteiger partial charge in [-0.15, -0.1) is 0 Å². The lowest BCUT2D eigenvalue weighted by atomic mass is 10.0. The molecule has 4 N–H and O–H groups in total. The van der Waals surface area contributed by atoms with Crippen LogP contribution in [0.5, 0.6) is 0 Å². The first-order valence-electron chi connectivity index (χ1n) is 25.5. The van der Waals surface area contributed by atoms with E-state index in [-0.39, 0.29) is 11.8 Å². The summed E-state index contributed by atoms with van der Waals surface area (Å²) in [5.74, 6) is -0.309. The van der Waals surface area contributed by atoms with E-state index < -0.39 is 0 Å². The van der Waals surface area contributed by atoms with E-state index in [1.54, 1.807) is 0 Å². The number of carbonyl (C=O) groups excluding carboxylic acids is 2. The molecule has 4 heteroatoms. The van der Waals surface area contributed by atoms with Crippen molar-refractivity contribution in [2.45, 2.75) is 295 Å². The Morgan fingerprint density at radius 2 is 0.339 bits per heavy atom. The zero-order valence-corrected chi connectivity index (χ0v) is 37.8. The normalized spacial score (nSPS) is 11.8. The highest BCUT2D eigenvalue weighted by atomic mass is 16.1. The summed E-state index contributed by atoms with van der Waals surface area (Å²) < 4.78 is 0. The Kier molecular flexibility index (Phi) is 48.2. The number of hydrogen-bond acceptors (Lipinski definition) is 2. The van der Waals surface area contributed by atoms with Crippen molar-refractivity contribution in [3.63, 3.8) is 0 Å². The number of allylic oxidation sites excluding steroid dienone is 4. The molecule has 0 aliphatic heterocycles. The first kappa shape index (κ1) is 54.4. The van der Waals surface area contributed by atoms with E-state index in [0.717, 1.165) is 25.7 Å². The molecule has 0 saturated heterocycles. The number of primary amides is 2. The lowest BCUT2D eigenvalue weighted by molar-refractivity contribution is -0.119. The third-order valence-electron chi connectivity index (χ3n) is 11.9. The van der Waals surface area contributed by atoms with Crippen LogP contribution in [0.4, 0.5) is 0 Å². The van der Waals surface area contributed by atoms with Crippen molar-refractivity contribution in [3.8, 4) is 0 Å². The summed E-state index contributed by atoms with van der Waals surface area (Å²) in [5.41, 5.74) is 10.4. The van der Waals surface area contributed by atoms with Crippen LogP contribution in [0.25, 0.3) is 0 Å². The van der Waals surface area contributed by atoms with Crippen LogP contribution in [-0.4, -0.2) is 11.8 Å². The van der Waals surface area contributed by atoms with Gasteiger partial charge in [-0.2, -0.15) is 0 Å². The van der Waals surface area contributed by atoms with Gasteiger partial charge in [0.25, 0.3) is 0 Å². The smallest absolute Gasteiger partial charge is 0.217 e. The van der Waals surface area contributed by atoms with Crippen LogP contribution in [0, 0.1) is 0 Å². The molecule has 0 heterocycles. The third-order valence-corrected chi connectivity index (χ3v) is 11.9. The summed E-state index contributed by atoms with van der Waals surface area (Å²) in [6, 6.07) is 0. The SMILES string of the molecule is NC(=O)CCCCCCCCCCCC=CCCCCCCCCCCCCCCCCCCCCCCCCC=CCCCCCCCCCCCC(N)=O. The van der Waals surface area contributed by atoms with Crippen LogP contribution in [0.15, 0.2) is 24.3 Å². The molecule has 330 valence electrons. The molecule has 0 atom stereocenters. The van der Waals surface area contributed by atoms with E-state index in [9.17, 15) is 9.59 Å². The molecule has 0 aromatic carbocycles. The van der Waals surface area contributed by atoms with Gasteiger partial charge < -0.3 is 11.5 Å². The van der Waals surface area contributed by atoms with Crippen molar-refractivity contribution in [2.24, 2.45) is 11.5 Å². The van der Waals surface area contributed by atoms with Crippen molar-refractivity contribution in [1.82, 2.24) is 0 Å². The quantitative estimate of drug-likeness (QED) is 0.0475. The van der Waals surface area contributed by atoms with Crippen molar-refractivity contribution < 1.29 is 9.59 Å². The maximum absolute atomic E-state index is 10.7. The Morgan fingerprint density at radius 3 is 0.482 bits per heavy atom. The minimum absolute atomic E-state index is 0.155. The Bertz CT molecular complexity index is 769. The lowest BCUT2D eigenvalue weighted by Gasteiger charge is -2.04.